The summed E-state index contributed by atoms with van der Waals surface area (Å²) in [6.45, 7) is 4.39. The maximum absolute atomic E-state index is 4.65. The lowest BCUT2D eigenvalue weighted by Crippen LogP contribution is -2.23. The average molecular weight is 258 g/mol. The van der Waals surface area contributed by atoms with Crippen LogP contribution in [0.1, 0.15) is 58.8 Å². The molecule has 2 aliphatic rings. The van der Waals surface area contributed by atoms with E-state index in [2.05, 4.69) is 44.2 Å². The number of hydrogen-bond donors (Lipinski definition) is 0. The smallest absolute Gasteiger partial charge is 0.0626 e. The van der Waals surface area contributed by atoms with Crippen LogP contribution in [0.5, 0.6) is 0 Å². The summed E-state index contributed by atoms with van der Waals surface area (Å²) in [5.74, 6) is 0. The third kappa shape index (κ3) is 3.37. The molecule has 19 heavy (non-hydrogen) atoms. The monoisotopic (exact) mass is 258 g/mol. The Morgan fingerprint density at radius 3 is 2.95 bits per heavy atom. The molecule has 0 aromatic rings. The van der Waals surface area contributed by atoms with E-state index in [4.69, 9.17) is 0 Å². The fraction of sp³-hybridized carbons (Fsp3) is 0.588. The normalized spacial score (nSPS) is 20.9. The van der Waals surface area contributed by atoms with Crippen LogP contribution >= 0.6 is 0 Å². The largest absolute Gasteiger partial charge is 0.268 e. The summed E-state index contributed by atoms with van der Waals surface area (Å²) in [4.78, 5) is 0. The number of rotatable bonds is 5. The van der Waals surface area contributed by atoms with Crippen molar-refractivity contribution in [1.82, 2.24) is 5.01 Å². The number of allylic oxidation sites excluding steroid dienone is 4. The number of hydrogen-bond acceptors (Lipinski definition) is 2. The third-order valence-electron chi connectivity index (χ3n) is 3.93. The lowest BCUT2D eigenvalue weighted by Gasteiger charge is -2.29. The van der Waals surface area contributed by atoms with Gasteiger partial charge in [0, 0.05) is 12.6 Å². The van der Waals surface area contributed by atoms with E-state index in [0.717, 1.165) is 12.8 Å². The van der Waals surface area contributed by atoms with E-state index < -0.39 is 0 Å². The molecule has 1 aliphatic carbocycles. The lowest BCUT2D eigenvalue weighted by molar-refractivity contribution is 0.445. The predicted molar refractivity (Wildman–Crippen MR) is 83.1 cm³/mol. The molecule has 0 aromatic heterocycles. The van der Waals surface area contributed by atoms with Gasteiger partial charge in [-0.3, -0.25) is 5.01 Å². The van der Waals surface area contributed by atoms with Gasteiger partial charge in [0.2, 0.25) is 0 Å². The van der Waals surface area contributed by atoms with E-state index >= 15 is 0 Å². The average Bonchev–Trinajstić information content (AvgIpc) is 2.42. The Bertz CT molecular complexity index is 438. The molecule has 0 bridgehead atoms. The second-order valence-corrected chi connectivity index (χ2v) is 5.48. The highest BCUT2D eigenvalue weighted by Crippen LogP contribution is 2.31. The van der Waals surface area contributed by atoms with E-state index in [1.54, 1.807) is 0 Å². The van der Waals surface area contributed by atoms with Crippen LogP contribution in [-0.4, -0.2) is 17.8 Å². The van der Waals surface area contributed by atoms with Crippen LogP contribution in [0.25, 0.3) is 0 Å². The van der Waals surface area contributed by atoms with Crippen molar-refractivity contribution in [2.45, 2.75) is 58.8 Å². The van der Waals surface area contributed by atoms with Crippen LogP contribution in [0.15, 0.2) is 40.2 Å². The molecule has 0 atom stereocenters. The second kappa shape index (κ2) is 6.74. The fourth-order valence-corrected chi connectivity index (χ4v) is 2.85. The van der Waals surface area contributed by atoms with Gasteiger partial charge in [-0.15, -0.1) is 0 Å². The summed E-state index contributed by atoms with van der Waals surface area (Å²) in [6, 6.07) is 0. The van der Waals surface area contributed by atoms with Crippen molar-refractivity contribution in [3.63, 3.8) is 0 Å². The quantitative estimate of drug-likeness (QED) is 0.646. The van der Waals surface area contributed by atoms with Crippen molar-refractivity contribution in [2.75, 3.05) is 7.05 Å². The lowest BCUT2D eigenvalue weighted by atomic mass is 9.90. The van der Waals surface area contributed by atoms with Gasteiger partial charge in [-0.2, -0.15) is 5.10 Å². The zero-order valence-electron chi connectivity index (χ0n) is 12.6. The Hall–Kier alpha value is -1.31. The van der Waals surface area contributed by atoms with Crippen molar-refractivity contribution in [3.05, 3.63) is 35.1 Å². The molecular weight excluding hydrogens is 232 g/mol. The predicted octanol–water partition coefficient (Wildman–Crippen LogP) is 4.81. The van der Waals surface area contributed by atoms with Crippen LogP contribution in [-0.2, 0) is 0 Å². The first kappa shape index (κ1) is 14.1. The molecule has 0 radical (unpaired) electrons. The minimum absolute atomic E-state index is 1.14. The maximum Gasteiger partial charge on any atom is 0.0626 e. The number of likely N-dealkylation sites (N-methyl/N-ethyl adjacent to an activating group) is 1. The summed E-state index contributed by atoms with van der Waals surface area (Å²) < 4.78 is 0. The van der Waals surface area contributed by atoms with E-state index in [1.165, 1.54) is 54.7 Å². The van der Waals surface area contributed by atoms with Crippen molar-refractivity contribution >= 4 is 5.71 Å². The Morgan fingerprint density at radius 1 is 1.32 bits per heavy atom. The van der Waals surface area contributed by atoms with Gasteiger partial charge >= 0.3 is 0 Å². The van der Waals surface area contributed by atoms with Crippen LogP contribution in [0.3, 0.4) is 0 Å². The van der Waals surface area contributed by atoms with E-state index in [9.17, 15) is 0 Å². The molecular formula is C17H26N2. The molecule has 1 aliphatic heterocycles. The molecule has 0 unspecified atom stereocenters. The molecule has 2 heteroatoms. The van der Waals surface area contributed by atoms with Crippen molar-refractivity contribution < 1.29 is 0 Å². The Labute approximate surface area is 117 Å². The summed E-state index contributed by atoms with van der Waals surface area (Å²) in [6.07, 6.45) is 15.7. The molecule has 0 saturated carbocycles. The van der Waals surface area contributed by atoms with Crippen molar-refractivity contribution in [1.29, 1.82) is 0 Å². The van der Waals surface area contributed by atoms with Gasteiger partial charge in [0.05, 0.1) is 11.4 Å². The zero-order valence-corrected chi connectivity index (χ0v) is 12.6. The van der Waals surface area contributed by atoms with Crippen LogP contribution in [0.2, 0.25) is 0 Å². The molecule has 2 rings (SSSR count). The standard InChI is InChI=1S/C17H26N2/c1-4-5-6-7-8-13-17-16-12-10-9-11-15(16)14(2)18-19(17)3/h10,12-13H,4-9,11H2,1-3H3. The van der Waals surface area contributed by atoms with Gasteiger partial charge in [0.25, 0.3) is 0 Å². The van der Waals surface area contributed by atoms with Gasteiger partial charge in [-0.1, -0.05) is 44.4 Å². The number of hydrazone groups is 1. The molecule has 0 spiro atoms. The SMILES string of the molecule is CCCCCCC=C1C2=C(CCC=C2)C(C)=NN1C. The van der Waals surface area contributed by atoms with Gasteiger partial charge in [-0.05, 0) is 38.2 Å². The second-order valence-electron chi connectivity index (χ2n) is 5.48. The molecule has 0 fully saturated rings. The highest BCUT2D eigenvalue weighted by Gasteiger charge is 2.21. The zero-order chi connectivity index (χ0) is 13.7. The summed E-state index contributed by atoms with van der Waals surface area (Å²) in [5.41, 5.74) is 5.33. The first-order chi connectivity index (χ1) is 9.24. The third-order valence-corrected chi connectivity index (χ3v) is 3.93. The molecule has 0 N–H and O–H groups in total. The van der Waals surface area contributed by atoms with E-state index in [0.29, 0.717) is 0 Å². The number of unbranched alkanes of at least 4 members (excludes halogenated alkanes) is 4. The minimum atomic E-state index is 1.14. The molecule has 0 saturated heterocycles. The summed E-state index contributed by atoms with van der Waals surface area (Å²) in [5, 5.41) is 6.70. The molecule has 104 valence electrons. The molecule has 2 nitrogen and oxygen atoms in total. The fourth-order valence-electron chi connectivity index (χ4n) is 2.85. The molecule has 1 heterocycles. The van der Waals surface area contributed by atoms with E-state index in [1.807, 2.05) is 5.01 Å². The Kier molecular flexibility index (Phi) is 5.00. The minimum Gasteiger partial charge on any atom is -0.268 e. The molecule has 0 aromatic carbocycles. The summed E-state index contributed by atoms with van der Waals surface area (Å²) >= 11 is 0. The van der Waals surface area contributed by atoms with Gasteiger partial charge in [0.1, 0.15) is 0 Å². The Balaban J connectivity index is 2.09. The first-order valence-electron chi connectivity index (χ1n) is 7.63. The van der Waals surface area contributed by atoms with Crippen molar-refractivity contribution in [2.24, 2.45) is 5.10 Å². The van der Waals surface area contributed by atoms with Gasteiger partial charge in [-0.25, -0.2) is 0 Å². The van der Waals surface area contributed by atoms with Gasteiger partial charge < -0.3 is 0 Å². The number of nitrogens with zero attached hydrogens (tertiary/aromatic N) is 2. The Morgan fingerprint density at radius 2 is 2.16 bits per heavy atom. The summed E-state index contributed by atoms with van der Waals surface area (Å²) in [7, 11) is 2.06. The van der Waals surface area contributed by atoms with E-state index in [-0.39, 0.29) is 0 Å². The first-order valence-corrected chi connectivity index (χ1v) is 7.63. The van der Waals surface area contributed by atoms with Gasteiger partial charge in [0.15, 0.2) is 0 Å². The topological polar surface area (TPSA) is 15.6 Å². The van der Waals surface area contributed by atoms with Crippen LogP contribution in [0.4, 0.5) is 0 Å². The van der Waals surface area contributed by atoms with Crippen LogP contribution < -0.4 is 0 Å². The highest BCUT2D eigenvalue weighted by atomic mass is 15.4. The van der Waals surface area contributed by atoms with Crippen LogP contribution in [0, 0.1) is 0 Å². The molecule has 0 amide bonds. The van der Waals surface area contributed by atoms with Crippen molar-refractivity contribution in [3.8, 4) is 0 Å². The highest BCUT2D eigenvalue weighted by molar-refractivity contribution is 6.01. The maximum atomic E-state index is 4.65.